The SMILES string of the molecule is C[C@@H](CC1CCCCC1)NC(=O)N1CCC(c2cncn2C)CC1. The number of nitrogens with zero attached hydrogens (tertiary/aromatic N) is 3. The monoisotopic (exact) mass is 332 g/mol. The van der Waals surface area contributed by atoms with Gasteiger partial charge in [-0.25, -0.2) is 9.78 Å². The summed E-state index contributed by atoms with van der Waals surface area (Å²) in [5.41, 5.74) is 1.29. The molecule has 3 rings (SSSR count). The third-order valence-corrected chi connectivity index (χ3v) is 5.84. The maximum absolute atomic E-state index is 12.5. The first-order valence-corrected chi connectivity index (χ1v) is 9.65. The summed E-state index contributed by atoms with van der Waals surface area (Å²) in [7, 11) is 2.05. The van der Waals surface area contributed by atoms with Crippen LogP contribution in [-0.2, 0) is 7.05 Å². The zero-order valence-corrected chi connectivity index (χ0v) is 15.2. The number of imidazole rings is 1. The molecule has 1 saturated carbocycles. The molecule has 0 aromatic carbocycles. The van der Waals surface area contributed by atoms with Crippen molar-refractivity contribution in [3.8, 4) is 0 Å². The van der Waals surface area contributed by atoms with E-state index in [1.165, 1.54) is 37.8 Å². The van der Waals surface area contributed by atoms with Gasteiger partial charge < -0.3 is 14.8 Å². The first-order chi connectivity index (χ1) is 11.6. The van der Waals surface area contributed by atoms with E-state index in [-0.39, 0.29) is 12.1 Å². The number of piperidine rings is 1. The van der Waals surface area contributed by atoms with Crippen LogP contribution < -0.4 is 5.32 Å². The van der Waals surface area contributed by atoms with Gasteiger partial charge in [-0.2, -0.15) is 0 Å². The molecule has 2 fully saturated rings. The van der Waals surface area contributed by atoms with Crippen LogP contribution in [0.3, 0.4) is 0 Å². The molecule has 5 heteroatoms. The lowest BCUT2D eigenvalue weighted by Crippen LogP contribution is -2.47. The van der Waals surface area contributed by atoms with Crippen LogP contribution in [-0.4, -0.2) is 39.6 Å². The molecule has 1 atom stereocenters. The smallest absolute Gasteiger partial charge is 0.317 e. The van der Waals surface area contributed by atoms with E-state index in [1.54, 1.807) is 0 Å². The number of aryl methyl sites for hydroxylation is 1. The molecular formula is C19H32N4O. The molecule has 134 valence electrons. The van der Waals surface area contributed by atoms with E-state index in [0.29, 0.717) is 5.92 Å². The van der Waals surface area contributed by atoms with Crippen LogP contribution in [0.1, 0.15) is 69.9 Å². The van der Waals surface area contributed by atoms with Crippen LogP contribution in [0.25, 0.3) is 0 Å². The van der Waals surface area contributed by atoms with Crippen molar-refractivity contribution in [2.45, 2.75) is 70.3 Å². The Bertz CT molecular complexity index is 527. The largest absolute Gasteiger partial charge is 0.337 e. The van der Waals surface area contributed by atoms with Crippen LogP contribution in [0.4, 0.5) is 4.79 Å². The molecule has 1 aliphatic heterocycles. The van der Waals surface area contributed by atoms with Gasteiger partial charge in [0, 0.05) is 44.0 Å². The zero-order valence-electron chi connectivity index (χ0n) is 15.2. The Kier molecular flexibility index (Phi) is 5.80. The maximum Gasteiger partial charge on any atom is 0.317 e. The van der Waals surface area contributed by atoms with E-state index in [0.717, 1.165) is 38.3 Å². The van der Waals surface area contributed by atoms with Gasteiger partial charge in [0.1, 0.15) is 0 Å². The number of amides is 2. The van der Waals surface area contributed by atoms with Crippen molar-refractivity contribution in [3.05, 3.63) is 18.2 Å². The molecule has 1 aromatic heterocycles. The van der Waals surface area contributed by atoms with Crippen molar-refractivity contribution >= 4 is 6.03 Å². The Labute approximate surface area is 145 Å². The Morgan fingerprint density at radius 1 is 1.25 bits per heavy atom. The minimum atomic E-state index is 0.127. The van der Waals surface area contributed by atoms with Gasteiger partial charge >= 0.3 is 6.03 Å². The van der Waals surface area contributed by atoms with E-state index in [9.17, 15) is 4.79 Å². The molecule has 0 unspecified atom stereocenters. The van der Waals surface area contributed by atoms with Gasteiger partial charge in [0.15, 0.2) is 0 Å². The number of carbonyl (C=O) groups is 1. The van der Waals surface area contributed by atoms with Gasteiger partial charge in [0.2, 0.25) is 0 Å². The van der Waals surface area contributed by atoms with E-state index in [1.807, 2.05) is 24.5 Å². The highest BCUT2D eigenvalue weighted by atomic mass is 16.2. The van der Waals surface area contributed by atoms with Gasteiger partial charge in [0.05, 0.1) is 6.33 Å². The molecule has 0 bridgehead atoms. The van der Waals surface area contributed by atoms with Crippen molar-refractivity contribution in [3.63, 3.8) is 0 Å². The highest BCUT2D eigenvalue weighted by Gasteiger charge is 2.26. The van der Waals surface area contributed by atoms with Gasteiger partial charge in [-0.1, -0.05) is 32.1 Å². The molecular weight excluding hydrogens is 300 g/mol. The Morgan fingerprint density at radius 2 is 1.96 bits per heavy atom. The Balaban J connectivity index is 1.42. The summed E-state index contributed by atoms with van der Waals surface area (Å²) >= 11 is 0. The highest BCUT2D eigenvalue weighted by molar-refractivity contribution is 5.74. The van der Waals surface area contributed by atoms with Gasteiger partial charge in [-0.05, 0) is 32.1 Å². The average Bonchev–Trinajstić information content (AvgIpc) is 3.02. The predicted molar refractivity (Wildman–Crippen MR) is 95.9 cm³/mol. The van der Waals surface area contributed by atoms with Crippen molar-refractivity contribution in [1.29, 1.82) is 0 Å². The third kappa shape index (κ3) is 4.31. The van der Waals surface area contributed by atoms with Crippen molar-refractivity contribution < 1.29 is 4.79 Å². The molecule has 1 aromatic rings. The van der Waals surface area contributed by atoms with Crippen LogP contribution in [0.5, 0.6) is 0 Å². The summed E-state index contributed by atoms with van der Waals surface area (Å²) in [6.07, 6.45) is 13.8. The topological polar surface area (TPSA) is 50.2 Å². The van der Waals surface area contributed by atoms with Crippen molar-refractivity contribution in [1.82, 2.24) is 19.8 Å². The fourth-order valence-corrected chi connectivity index (χ4v) is 4.42. The van der Waals surface area contributed by atoms with Crippen LogP contribution in [0.15, 0.2) is 12.5 Å². The highest BCUT2D eigenvalue weighted by Crippen LogP contribution is 2.28. The molecule has 5 nitrogen and oxygen atoms in total. The molecule has 0 radical (unpaired) electrons. The van der Waals surface area contributed by atoms with Crippen LogP contribution >= 0.6 is 0 Å². The number of rotatable bonds is 4. The summed E-state index contributed by atoms with van der Waals surface area (Å²) in [6, 6.07) is 0.414. The van der Waals surface area contributed by atoms with Crippen LogP contribution in [0.2, 0.25) is 0 Å². The van der Waals surface area contributed by atoms with Gasteiger partial charge in [0.25, 0.3) is 0 Å². The van der Waals surface area contributed by atoms with Crippen LogP contribution in [0, 0.1) is 5.92 Å². The first-order valence-electron chi connectivity index (χ1n) is 9.65. The number of urea groups is 1. The number of hydrogen-bond acceptors (Lipinski definition) is 2. The lowest BCUT2D eigenvalue weighted by atomic mass is 9.85. The molecule has 1 N–H and O–H groups in total. The zero-order chi connectivity index (χ0) is 16.9. The quantitative estimate of drug-likeness (QED) is 0.914. The number of carbonyl (C=O) groups excluding carboxylic acids is 1. The van der Waals surface area contributed by atoms with E-state index in [2.05, 4.69) is 21.8 Å². The molecule has 2 heterocycles. The van der Waals surface area contributed by atoms with E-state index in [4.69, 9.17) is 0 Å². The minimum absolute atomic E-state index is 0.127. The second-order valence-corrected chi connectivity index (χ2v) is 7.78. The Hall–Kier alpha value is -1.52. The Morgan fingerprint density at radius 3 is 2.58 bits per heavy atom. The summed E-state index contributed by atoms with van der Waals surface area (Å²) in [4.78, 5) is 18.7. The average molecular weight is 332 g/mol. The van der Waals surface area contributed by atoms with E-state index < -0.39 is 0 Å². The van der Waals surface area contributed by atoms with E-state index >= 15 is 0 Å². The number of nitrogens with one attached hydrogen (secondary N) is 1. The third-order valence-electron chi connectivity index (χ3n) is 5.84. The molecule has 2 amide bonds. The first kappa shape index (κ1) is 17.3. The summed E-state index contributed by atoms with van der Waals surface area (Å²) in [6.45, 7) is 3.85. The van der Waals surface area contributed by atoms with Crippen molar-refractivity contribution in [2.75, 3.05) is 13.1 Å². The molecule has 1 saturated heterocycles. The fraction of sp³-hybridized carbons (Fsp3) is 0.789. The molecule has 0 spiro atoms. The molecule has 24 heavy (non-hydrogen) atoms. The van der Waals surface area contributed by atoms with Crippen molar-refractivity contribution in [2.24, 2.45) is 13.0 Å². The number of likely N-dealkylation sites (tertiary alicyclic amines) is 1. The summed E-state index contributed by atoms with van der Waals surface area (Å²) in [5.74, 6) is 1.34. The standard InChI is InChI=1S/C19H32N4O/c1-15(12-16-6-4-3-5-7-16)21-19(24)23-10-8-17(9-11-23)18-13-20-14-22(18)2/h13-17H,3-12H2,1-2H3,(H,21,24)/t15-/m0/s1. The lowest BCUT2D eigenvalue weighted by Gasteiger charge is -2.33. The second-order valence-electron chi connectivity index (χ2n) is 7.78. The number of aromatic nitrogens is 2. The normalized spacial score (nSPS) is 21.7. The fourth-order valence-electron chi connectivity index (χ4n) is 4.42. The predicted octanol–water partition coefficient (Wildman–Crippen LogP) is 3.67. The van der Waals surface area contributed by atoms with Gasteiger partial charge in [-0.3, -0.25) is 0 Å². The minimum Gasteiger partial charge on any atom is -0.337 e. The summed E-state index contributed by atoms with van der Waals surface area (Å²) in [5, 5.41) is 3.23. The number of hydrogen-bond donors (Lipinski definition) is 1. The molecule has 2 aliphatic rings. The molecule has 1 aliphatic carbocycles. The van der Waals surface area contributed by atoms with Gasteiger partial charge in [-0.15, -0.1) is 0 Å². The summed E-state index contributed by atoms with van der Waals surface area (Å²) < 4.78 is 2.10. The second kappa shape index (κ2) is 8.04. The lowest BCUT2D eigenvalue weighted by molar-refractivity contribution is 0.174. The maximum atomic E-state index is 12.5.